The number of allylic oxidation sites excluding steroid dienone is 1. The summed E-state index contributed by atoms with van der Waals surface area (Å²) in [6, 6.07) is 0. The van der Waals surface area contributed by atoms with Crippen LogP contribution in [0, 0.1) is 11.8 Å². The summed E-state index contributed by atoms with van der Waals surface area (Å²) in [5.74, 6) is -2.03. The van der Waals surface area contributed by atoms with E-state index in [4.69, 9.17) is 14.2 Å². The first kappa shape index (κ1) is 22.9. The lowest BCUT2D eigenvalue weighted by molar-refractivity contribution is -0.147. The van der Waals surface area contributed by atoms with Crippen LogP contribution in [0.5, 0.6) is 0 Å². The van der Waals surface area contributed by atoms with E-state index in [1.807, 2.05) is 13.0 Å². The van der Waals surface area contributed by atoms with Crippen LogP contribution in [0.25, 0.3) is 0 Å². The van der Waals surface area contributed by atoms with Crippen LogP contribution in [0.2, 0.25) is 0 Å². The van der Waals surface area contributed by atoms with Crippen molar-refractivity contribution in [2.24, 2.45) is 11.8 Å². The highest BCUT2D eigenvalue weighted by atomic mass is 16.6. The molecule has 1 heterocycles. The van der Waals surface area contributed by atoms with Crippen molar-refractivity contribution in [3.05, 3.63) is 35.5 Å². The zero-order valence-electron chi connectivity index (χ0n) is 17.3. The number of fused-ring (bicyclic) bond motifs is 1. The van der Waals surface area contributed by atoms with E-state index in [0.29, 0.717) is 19.3 Å². The summed E-state index contributed by atoms with van der Waals surface area (Å²) in [4.78, 5) is 35.2. The Balaban J connectivity index is 2.20. The Bertz CT molecular complexity index is 719. The van der Waals surface area contributed by atoms with Gasteiger partial charge < -0.3 is 19.3 Å². The van der Waals surface area contributed by atoms with Crippen molar-refractivity contribution in [1.29, 1.82) is 0 Å². The van der Waals surface area contributed by atoms with E-state index in [0.717, 1.165) is 11.1 Å². The van der Waals surface area contributed by atoms with Crippen molar-refractivity contribution in [3.63, 3.8) is 0 Å². The predicted octanol–water partition coefficient (Wildman–Crippen LogP) is 2.63. The molecular formula is C22H30O7. The Morgan fingerprint density at radius 1 is 1.31 bits per heavy atom. The number of ether oxygens (including phenoxy) is 3. The van der Waals surface area contributed by atoms with Crippen LogP contribution in [-0.2, 0) is 28.6 Å². The Hall–Kier alpha value is -2.41. The van der Waals surface area contributed by atoms with Gasteiger partial charge in [-0.15, -0.1) is 0 Å². The van der Waals surface area contributed by atoms with Crippen LogP contribution in [0.15, 0.2) is 35.5 Å². The lowest BCUT2D eigenvalue weighted by Crippen LogP contribution is -2.30. The fourth-order valence-electron chi connectivity index (χ4n) is 3.36. The zero-order valence-corrected chi connectivity index (χ0v) is 17.3. The molecule has 1 aliphatic carbocycles. The van der Waals surface area contributed by atoms with Gasteiger partial charge in [0, 0.05) is 12.5 Å². The number of carbonyl (C=O) groups excluding carboxylic acids is 3. The second-order valence-corrected chi connectivity index (χ2v) is 7.62. The van der Waals surface area contributed by atoms with Crippen LogP contribution >= 0.6 is 0 Å². The lowest BCUT2D eigenvalue weighted by atomic mass is 9.85. The highest BCUT2D eigenvalue weighted by Gasteiger charge is 2.42. The van der Waals surface area contributed by atoms with E-state index in [1.54, 1.807) is 13.0 Å². The molecule has 2 aliphatic rings. The summed E-state index contributed by atoms with van der Waals surface area (Å²) in [5.41, 5.74) is 1.77. The van der Waals surface area contributed by atoms with E-state index < -0.39 is 30.1 Å². The smallest absolute Gasteiger partial charge is 0.334 e. The van der Waals surface area contributed by atoms with Crippen LogP contribution in [0.4, 0.5) is 0 Å². The molecule has 0 aromatic rings. The van der Waals surface area contributed by atoms with Gasteiger partial charge in [-0.1, -0.05) is 26.5 Å². The van der Waals surface area contributed by atoms with Gasteiger partial charge >= 0.3 is 17.9 Å². The highest BCUT2D eigenvalue weighted by Crippen LogP contribution is 2.34. The van der Waals surface area contributed by atoms with Crippen molar-refractivity contribution >= 4 is 17.9 Å². The Kier molecular flexibility index (Phi) is 8.20. The number of aliphatic hydroxyl groups excluding tert-OH is 1. The van der Waals surface area contributed by atoms with Crippen LogP contribution in [0.1, 0.15) is 46.5 Å². The van der Waals surface area contributed by atoms with Gasteiger partial charge in [0.15, 0.2) is 0 Å². The number of carbonyl (C=O) groups is 3. The van der Waals surface area contributed by atoms with E-state index >= 15 is 0 Å². The molecule has 0 aromatic heterocycles. The topological polar surface area (TPSA) is 99.1 Å². The van der Waals surface area contributed by atoms with Gasteiger partial charge in [-0.3, -0.25) is 9.59 Å². The maximum absolute atomic E-state index is 12.0. The average molecular weight is 406 g/mol. The zero-order chi connectivity index (χ0) is 21.6. The molecule has 0 amide bonds. The van der Waals surface area contributed by atoms with Gasteiger partial charge in [-0.2, -0.15) is 0 Å². The molecule has 1 N–H and O–H groups in total. The molecule has 0 saturated carbocycles. The minimum absolute atomic E-state index is 0.0852. The third kappa shape index (κ3) is 6.29. The maximum Gasteiger partial charge on any atom is 0.334 e. The van der Waals surface area contributed by atoms with E-state index in [-0.39, 0.29) is 37.1 Å². The van der Waals surface area contributed by atoms with Gasteiger partial charge in [0.2, 0.25) is 0 Å². The molecule has 7 nitrogen and oxygen atoms in total. The van der Waals surface area contributed by atoms with Crippen molar-refractivity contribution in [2.75, 3.05) is 13.2 Å². The molecule has 1 aliphatic heterocycles. The number of aliphatic hydroxyl groups is 1. The van der Waals surface area contributed by atoms with Gasteiger partial charge in [0.25, 0.3) is 0 Å². The molecule has 1 fully saturated rings. The molecule has 7 heteroatoms. The molecule has 4 unspecified atom stereocenters. The summed E-state index contributed by atoms with van der Waals surface area (Å²) in [6.45, 7) is 9.00. The molecule has 2 rings (SSSR count). The summed E-state index contributed by atoms with van der Waals surface area (Å²) in [7, 11) is 0. The minimum Gasteiger partial charge on any atom is -0.461 e. The van der Waals surface area contributed by atoms with Crippen LogP contribution in [-0.4, -0.2) is 48.4 Å². The number of esters is 3. The molecule has 29 heavy (non-hydrogen) atoms. The van der Waals surface area contributed by atoms with Gasteiger partial charge in [-0.05, 0) is 42.9 Å². The van der Waals surface area contributed by atoms with Gasteiger partial charge in [0.1, 0.15) is 19.3 Å². The number of hydrogen-bond donors (Lipinski definition) is 1. The lowest BCUT2D eigenvalue weighted by Gasteiger charge is -2.24. The summed E-state index contributed by atoms with van der Waals surface area (Å²) >= 11 is 0. The van der Waals surface area contributed by atoms with E-state index in [1.165, 1.54) is 6.92 Å². The molecule has 0 radical (unpaired) electrons. The van der Waals surface area contributed by atoms with Crippen molar-refractivity contribution in [2.45, 2.75) is 58.7 Å². The monoisotopic (exact) mass is 406 g/mol. The van der Waals surface area contributed by atoms with E-state index in [9.17, 15) is 19.5 Å². The first-order valence-corrected chi connectivity index (χ1v) is 9.98. The quantitative estimate of drug-likeness (QED) is 0.313. The Morgan fingerprint density at radius 2 is 2.00 bits per heavy atom. The third-order valence-corrected chi connectivity index (χ3v) is 5.32. The molecule has 0 aromatic carbocycles. The summed E-state index contributed by atoms with van der Waals surface area (Å²) in [5, 5.41) is 10.8. The molecule has 0 spiro atoms. The molecule has 0 bridgehead atoms. The van der Waals surface area contributed by atoms with Crippen LogP contribution in [0.3, 0.4) is 0 Å². The van der Waals surface area contributed by atoms with Crippen molar-refractivity contribution in [1.82, 2.24) is 0 Å². The van der Waals surface area contributed by atoms with Crippen molar-refractivity contribution in [3.8, 4) is 0 Å². The largest absolute Gasteiger partial charge is 0.461 e. The second kappa shape index (κ2) is 10.4. The third-order valence-electron chi connectivity index (χ3n) is 5.32. The fraction of sp³-hybridized carbons (Fsp3) is 0.591. The SMILES string of the molecule is C=C1C(=O)OC2/C=C(\COC(C)=O)CC/C=C(\COC(=O)C(C)CC)CC(O)C12. The second-order valence-electron chi connectivity index (χ2n) is 7.62. The molecule has 4 atom stereocenters. The normalized spacial score (nSPS) is 29.4. The standard InChI is InChI=1S/C22H30O7/c1-5-13(2)21(25)28-12-16-7-6-8-17(11-27-15(4)23)10-19-20(18(24)9-16)14(3)22(26)29-19/h7,10,13,18-20,24H,3,5-6,8-9,11-12H2,1-2,4H3/b16-7-,17-10-. The van der Waals surface area contributed by atoms with Gasteiger partial charge in [-0.25, -0.2) is 4.79 Å². The summed E-state index contributed by atoms with van der Waals surface area (Å²) < 4.78 is 15.9. The fourth-order valence-corrected chi connectivity index (χ4v) is 3.36. The molecular weight excluding hydrogens is 376 g/mol. The van der Waals surface area contributed by atoms with E-state index in [2.05, 4.69) is 6.58 Å². The Labute approximate surface area is 171 Å². The highest BCUT2D eigenvalue weighted by molar-refractivity contribution is 5.91. The average Bonchev–Trinajstić information content (AvgIpc) is 2.95. The number of rotatable bonds is 6. The first-order valence-electron chi connectivity index (χ1n) is 9.98. The Morgan fingerprint density at radius 3 is 2.66 bits per heavy atom. The van der Waals surface area contributed by atoms with Crippen molar-refractivity contribution < 1.29 is 33.7 Å². The first-order chi connectivity index (χ1) is 13.7. The molecule has 160 valence electrons. The maximum atomic E-state index is 12.0. The van der Waals surface area contributed by atoms with Gasteiger partial charge in [0.05, 0.1) is 17.9 Å². The minimum atomic E-state index is -0.920. The number of hydrogen-bond acceptors (Lipinski definition) is 7. The predicted molar refractivity (Wildman–Crippen MR) is 106 cm³/mol. The molecule has 1 saturated heterocycles. The summed E-state index contributed by atoms with van der Waals surface area (Å²) in [6.07, 6.45) is 4.21. The van der Waals surface area contributed by atoms with Crippen LogP contribution < -0.4 is 0 Å².